The summed E-state index contributed by atoms with van der Waals surface area (Å²) in [5, 5.41) is 4.91. The van der Waals surface area contributed by atoms with Crippen molar-refractivity contribution in [3.63, 3.8) is 0 Å². The van der Waals surface area contributed by atoms with Crippen molar-refractivity contribution in [2.45, 2.75) is 33.3 Å². The fourth-order valence-electron chi connectivity index (χ4n) is 1.06. The van der Waals surface area contributed by atoms with Gasteiger partial charge < -0.3 is 20.1 Å². The van der Waals surface area contributed by atoms with Crippen molar-refractivity contribution in [2.24, 2.45) is 0 Å². The summed E-state index contributed by atoms with van der Waals surface area (Å²) in [6, 6.07) is 0. The van der Waals surface area contributed by atoms with Crippen LogP contribution in [0.1, 0.15) is 27.7 Å². The summed E-state index contributed by atoms with van der Waals surface area (Å²) in [6.45, 7) is 7.16. The number of ether oxygens (including phenoxy) is 2. The van der Waals surface area contributed by atoms with E-state index in [0.29, 0.717) is 0 Å². The van der Waals surface area contributed by atoms with Crippen LogP contribution in [0.3, 0.4) is 0 Å². The fraction of sp³-hybridized carbons (Fsp3) is 0.750. The first-order valence-corrected chi connectivity index (χ1v) is 6.52. The van der Waals surface area contributed by atoms with E-state index in [1.165, 1.54) is 0 Å². The summed E-state index contributed by atoms with van der Waals surface area (Å²) in [4.78, 5) is 38.1. The molecule has 0 bridgehead atoms. The number of amides is 3. The molecule has 0 spiro atoms. The highest BCUT2D eigenvalue weighted by Gasteiger charge is 2.16. The Morgan fingerprint density at radius 2 is 1.62 bits per heavy atom. The second kappa shape index (κ2) is 9.81. The highest BCUT2D eigenvalue weighted by molar-refractivity contribution is 5.77. The molecule has 0 radical (unpaired) electrons. The average Bonchev–Trinajstić information content (AvgIpc) is 2.32. The molecule has 0 aliphatic heterocycles. The maximum absolute atomic E-state index is 11.3. The molecule has 0 aliphatic carbocycles. The van der Waals surface area contributed by atoms with Crippen LogP contribution in [-0.4, -0.2) is 50.0 Å². The van der Waals surface area contributed by atoms with E-state index in [1.807, 2.05) is 5.48 Å². The van der Waals surface area contributed by atoms with Crippen LogP contribution in [0.5, 0.6) is 0 Å². The Labute approximate surface area is 123 Å². The van der Waals surface area contributed by atoms with Gasteiger partial charge in [0.15, 0.2) is 6.61 Å². The molecule has 0 saturated carbocycles. The molecule has 0 unspecified atom stereocenters. The van der Waals surface area contributed by atoms with Crippen LogP contribution in [-0.2, 0) is 19.1 Å². The molecule has 0 aromatic rings. The summed E-state index contributed by atoms with van der Waals surface area (Å²) in [5.74, 6) is -0.447. The van der Waals surface area contributed by atoms with Crippen LogP contribution < -0.4 is 16.1 Å². The van der Waals surface area contributed by atoms with E-state index in [2.05, 4.69) is 20.2 Å². The zero-order valence-corrected chi connectivity index (χ0v) is 12.8. The van der Waals surface area contributed by atoms with Crippen LogP contribution in [0.2, 0.25) is 0 Å². The third kappa shape index (κ3) is 12.7. The lowest BCUT2D eigenvalue weighted by Gasteiger charge is -2.19. The Morgan fingerprint density at radius 1 is 1.00 bits per heavy atom. The number of carbonyl (C=O) groups is 3. The van der Waals surface area contributed by atoms with Gasteiger partial charge in [0.1, 0.15) is 5.60 Å². The molecule has 21 heavy (non-hydrogen) atoms. The Bertz CT molecular complexity index is 353. The third-order valence-corrected chi connectivity index (χ3v) is 1.75. The second-order valence-electron chi connectivity index (χ2n) is 4.89. The molecule has 0 atom stereocenters. The van der Waals surface area contributed by atoms with Gasteiger partial charge in [-0.15, -0.1) is 0 Å². The number of hydroxylamine groups is 1. The molecule has 3 amide bonds. The Balaban J connectivity index is 3.59. The number of carbonyl (C=O) groups excluding carboxylic acids is 3. The molecule has 3 N–H and O–H groups in total. The predicted molar refractivity (Wildman–Crippen MR) is 73.4 cm³/mol. The standard InChI is InChI=1S/C12H23N3O6/c1-5-19-10(17)14-7-6-13-9(16)8-20-15-11(18)21-12(2,3)4/h5-8H2,1-4H3,(H,13,16)(H,14,17)(H,15,18). The van der Waals surface area contributed by atoms with Crippen molar-refractivity contribution < 1.29 is 28.7 Å². The molecule has 122 valence electrons. The summed E-state index contributed by atoms with van der Waals surface area (Å²) in [7, 11) is 0. The minimum absolute atomic E-state index is 0.216. The smallest absolute Gasteiger partial charge is 0.431 e. The van der Waals surface area contributed by atoms with Crippen molar-refractivity contribution in [1.82, 2.24) is 16.1 Å². The second-order valence-corrected chi connectivity index (χ2v) is 4.89. The maximum atomic E-state index is 11.3. The van der Waals surface area contributed by atoms with Gasteiger partial charge in [0, 0.05) is 13.1 Å². The maximum Gasteiger partial charge on any atom is 0.431 e. The van der Waals surface area contributed by atoms with Crippen LogP contribution >= 0.6 is 0 Å². The minimum Gasteiger partial charge on any atom is -0.450 e. The summed E-state index contributed by atoms with van der Waals surface area (Å²) < 4.78 is 9.53. The van der Waals surface area contributed by atoms with Gasteiger partial charge in [0.2, 0.25) is 5.91 Å². The molecule has 0 saturated heterocycles. The Morgan fingerprint density at radius 3 is 2.19 bits per heavy atom. The zero-order chi connectivity index (χ0) is 16.3. The lowest BCUT2D eigenvalue weighted by Crippen LogP contribution is -2.39. The monoisotopic (exact) mass is 305 g/mol. The van der Waals surface area contributed by atoms with Gasteiger partial charge >= 0.3 is 12.2 Å². The molecule has 0 aromatic carbocycles. The number of alkyl carbamates (subject to hydrolysis) is 1. The first-order valence-electron chi connectivity index (χ1n) is 6.52. The van der Waals surface area contributed by atoms with E-state index in [4.69, 9.17) is 4.74 Å². The van der Waals surface area contributed by atoms with E-state index < -0.39 is 23.7 Å². The van der Waals surface area contributed by atoms with Gasteiger partial charge in [-0.05, 0) is 27.7 Å². The van der Waals surface area contributed by atoms with Crippen LogP contribution in [0, 0.1) is 0 Å². The first kappa shape index (κ1) is 19.0. The predicted octanol–water partition coefficient (Wildman–Crippen LogP) is 0.305. The number of rotatable bonds is 7. The van der Waals surface area contributed by atoms with Gasteiger partial charge in [-0.25, -0.2) is 9.59 Å². The van der Waals surface area contributed by atoms with E-state index in [1.54, 1.807) is 27.7 Å². The van der Waals surface area contributed by atoms with Crippen molar-refractivity contribution in [2.75, 3.05) is 26.3 Å². The van der Waals surface area contributed by atoms with Gasteiger partial charge in [-0.3, -0.25) is 9.63 Å². The molecular weight excluding hydrogens is 282 g/mol. The van der Waals surface area contributed by atoms with Gasteiger partial charge in [0.05, 0.1) is 6.61 Å². The molecular formula is C12H23N3O6. The highest BCUT2D eigenvalue weighted by atomic mass is 16.7. The molecule has 9 nitrogen and oxygen atoms in total. The van der Waals surface area contributed by atoms with E-state index in [-0.39, 0.29) is 26.3 Å². The van der Waals surface area contributed by atoms with Crippen molar-refractivity contribution >= 4 is 18.1 Å². The number of nitrogens with one attached hydrogen (secondary N) is 3. The van der Waals surface area contributed by atoms with Crippen LogP contribution in [0.25, 0.3) is 0 Å². The number of hydrogen-bond donors (Lipinski definition) is 3. The first-order chi connectivity index (χ1) is 9.74. The Hall–Kier alpha value is -2.03. The topological polar surface area (TPSA) is 115 Å². The van der Waals surface area contributed by atoms with Crippen molar-refractivity contribution in [3.05, 3.63) is 0 Å². The molecule has 0 rings (SSSR count). The van der Waals surface area contributed by atoms with E-state index in [9.17, 15) is 14.4 Å². The Kier molecular flexibility index (Phi) is 8.86. The van der Waals surface area contributed by atoms with Crippen molar-refractivity contribution in [3.8, 4) is 0 Å². The fourth-order valence-corrected chi connectivity index (χ4v) is 1.06. The highest BCUT2D eigenvalue weighted by Crippen LogP contribution is 2.06. The number of hydrogen-bond acceptors (Lipinski definition) is 6. The molecule has 0 aromatic heterocycles. The van der Waals surface area contributed by atoms with Crippen LogP contribution in [0.4, 0.5) is 9.59 Å². The lowest BCUT2D eigenvalue weighted by atomic mass is 10.2. The molecule has 0 heterocycles. The minimum atomic E-state index is -0.778. The third-order valence-electron chi connectivity index (χ3n) is 1.75. The summed E-state index contributed by atoms with van der Waals surface area (Å²) >= 11 is 0. The zero-order valence-electron chi connectivity index (χ0n) is 12.8. The van der Waals surface area contributed by atoms with Crippen LogP contribution in [0.15, 0.2) is 0 Å². The van der Waals surface area contributed by atoms with Crippen molar-refractivity contribution in [1.29, 1.82) is 0 Å². The quantitative estimate of drug-likeness (QED) is 0.460. The van der Waals surface area contributed by atoms with Gasteiger partial charge in [-0.2, -0.15) is 5.48 Å². The molecule has 9 heteroatoms. The summed E-state index contributed by atoms with van der Waals surface area (Å²) in [6.07, 6.45) is -1.33. The largest absolute Gasteiger partial charge is 0.450 e. The van der Waals surface area contributed by atoms with Gasteiger partial charge in [-0.1, -0.05) is 0 Å². The molecule has 0 aliphatic rings. The van der Waals surface area contributed by atoms with E-state index >= 15 is 0 Å². The summed E-state index contributed by atoms with van der Waals surface area (Å²) in [5.41, 5.74) is 1.34. The lowest BCUT2D eigenvalue weighted by molar-refractivity contribution is -0.128. The van der Waals surface area contributed by atoms with Gasteiger partial charge in [0.25, 0.3) is 0 Å². The van der Waals surface area contributed by atoms with E-state index in [0.717, 1.165) is 0 Å². The normalized spacial score (nSPS) is 10.5. The molecule has 0 fully saturated rings. The average molecular weight is 305 g/mol. The SMILES string of the molecule is CCOC(=O)NCCNC(=O)CONC(=O)OC(C)(C)C.